The van der Waals surface area contributed by atoms with Crippen molar-refractivity contribution in [2.75, 3.05) is 13.2 Å². The molecule has 4 nitrogen and oxygen atoms in total. The van der Waals surface area contributed by atoms with E-state index in [0.29, 0.717) is 0 Å². The zero-order valence-electron chi connectivity index (χ0n) is 4.78. The summed E-state index contributed by atoms with van der Waals surface area (Å²) in [5.74, 6) is -1.01. The highest BCUT2D eigenvalue weighted by Crippen LogP contribution is 1.75. The van der Waals surface area contributed by atoms with Gasteiger partial charge in [-0.15, -0.1) is 0 Å². The summed E-state index contributed by atoms with van der Waals surface area (Å²) in [6.45, 7) is -0.201. The quantitative estimate of drug-likeness (QED) is 0.422. The lowest BCUT2D eigenvalue weighted by Crippen LogP contribution is -2.06. The molecule has 0 aliphatic heterocycles. The van der Waals surface area contributed by atoms with Crippen LogP contribution in [0.3, 0.4) is 0 Å². The van der Waals surface area contributed by atoms with Gasteiger partial charge in [0.25, 0.3) is 0 Å². The van der Waals surface area contributed by atoms with Crippen LogP contribution in [-0.2, 0) is 9.53 Å². The Morgan fingerprint density at radius 1 is 1.67 bits per heavy atom. The lowest BCUT2D eigenvalue weighted by Gasteiger charge is -1.92. The molecule has 9 heavy (non-hydrogen) atoms. The fraction of sp³-hybridized carbons (Fsp3) is 0.400. The summed E-state index contributed by atoms with van der Waals surface area (Å²) in [4.78, 5) is 9.75. The Morgan fingerprint density at radius 3 is 2.78 bits per heavy atom. The van der Waals surface area contributed by atoms with Gasteiger partial charge >= 0.3 is 5.97 Å². The molecule has 0 saturated carbocycles. The molecule has 0 amide bonds. The van der Waals surface area contributed by atoms with Gasteiger partial charge in [0.05, 0.1) is 12.9 Å². The van der Waals surface area contributed by atoms with Crippen LogP contribution in [0.4, 0.5) is 0 Å². The molecular weight excluding hydrogens is 124 g/mol. The van der Waals surface area contributed by atoms with Gasteiger partial charge in [0.1, 0.15) is 6.61 Å². The Kier molecular flexibility index (Phi) is 4.53. The van der Waals surface area contributed by atoms with E-state index in [2.05, 4.69) is 4.74 Å². The van der Waals surface area contributed by atoms with Crippen molar-refractivity contribution in [2.45, 2.75) is 0 Å². The smallest absolute Gasteiger partial charge is 0.329 e. The largest absolute Gasteiger partial charge is 0.516 e. The Labute approximate surface area is 52.4 Å². The maximum atomic E-state index is 9.75. The Bertz CT molecular complexity index is 108. The summed E-state index contributed by atoms with van der Waals surface area (Å²) in [6.07, 6.45) is 2.12. The van der Waals surface area contributed by atoms with E-state index in [1.54, 1.807) is 0 Å². The molecule has 0 fully saturated rings. The van der Waals surface area contributed by atoms with E-state index < -0.39 is 5.97 Å². The second-order valence-electron chi connectivity index (χ2n) is 1.29. The normalized spacial score (nSPS) is 10.2. The number of aliphatic carboxylic acids is 1. The molecule has 0 unspecified atom stereocenters. The average molecular weight is 132 g/mol. The maximum Gasteiger partial charge on any atom is 0.329 e. The van der Waals surface area contributed by atoms with Crippen molar-refractivity contribution in [3.63, 3.8) is 0 Å². The van der Waals surface area contributed by atoms with Gasteiger partial charge in [0, 0.05) is 0 Å². The van der Waals surface area contributed by atoms with Crippen molar-refractivity contribution < 1.29 is 19.7 Å². The van der Waals surface area contributed by atoms with Gasteiger partial charge in [-0.2, -0.15) is 0 Å². The van der Waals surface area contributed by atoms with Crippen LogP contribution in [0.5, 0.6) is 0 Å². The summed E-state index contributed by atoms with van der Waals surface area (Å²) in [7, 11) is 0. The number of carboxylic acid groups (broad SMARTS) is 1. The fourth-order valence-corrected chi connectivity index (χ4v) is 0.257. The van der Waals surface area contributed by atoms with E-state index in [0.717, 1.165) is 6.26 Å². The van der Waals surface area contributed by atoms with Crippen LogP contribution >= 0.6 is 0 Å². The highest BCUT2D eigenvalue weighted by molar-refractivity contribution is 5.67. The minimum absolute atomic E-state index is 0.128. The van der Waals surface area contributed by atoms with E-state index in [4.69, 9.17) is 10.2 Å². The van der Waals surface area contributed by atoms with Crippen molar-refractivity contribution in [1.82, 2.24) is 0 Å². The molecule has 0 rings (SSSR count). The van der Waals surface area contributed by atoms with E-state index in [1.165, 1.54) is 6.08 Å². The van der Waals surface area contributed by atoms with E-state index in [1.807, 2.05) is 0 Å². The third kappa shape index (κ3) is 6.97. The molecule has 52 valence electrons. The Balaban J connectivity index is 3.01. The van der Waals surface area contributed by atoms with E-state index >= 15 is 0 Å². The van der Waals surface area contributed by atoms with E-state index in [9.17, 15) is 4.79 Å². The zero-order chi connectivity index (χ0) is 7.11. The van der Waals surface area contributed by atoms with Gasteiger partial charge < -0.3 is 14.9 Å². The number of hydrogen-bond acceptors (Lipinski definition) is 3. The summed E-state index contributed by atoms with van der Waals surface area (Å²) in [5, 5.41) is 16.0. The first kappa shape index (κ1) is 7.97. The molecule has 0 spiro atoms. The number of hydrogen-bond donors (Lipinski definition) is 2. The molecule has 0 aliphatic carbocycles. The van der Waals surface area contributed by atoms with Gasteiger partial charge in [-0.3, -0.25) is 0 Å². The van der Waals surface area contributed by atoms with Crippen molar-refractivity contribution >= 4 is 5.97 Å². The number of aliphatic hydroxyl groups is 1. The number of rotatable bonds is 4. The lowest BCUT2D eigenvalue weighted by molar-refractivity contribution is -0.141. The summed E-state index contributed by atoms with van der Waals surface area (Å²) >= 11 is 0. The number of carbonyl (C=O) groups is 1. The molecule has 0 aromatic heterocycles. The molecule has 0 bridgehead atoms. The van der Waals surface area contributed by atoms with Crippen molar-refractivity contribution in [3.05, 3.63) is 12.3 Å². The van der Waals surface area contributed by atoms with Crippen LogP contribution in [0.2, 0.25) is 0 Å². The van der Waals surface area contributed by atoms with Gasteiger partial charge in [-0.05, 0) is 6.08 Å². The second-order valence-corrected chi connectivity index (χ2v) is 1.29. The van der Waals surface area contributed by atoms with Crippen molar-refractivity contribution in [3.8, 4) is 0 Å². The maximum absolute atomic E-state index is 9.75. The predicted octanol–water partition coefficient (Wildman–Crippen LogP) is 0.159. The van der Waals surface area contributed by atoms with Crippen LogP contribution in [-0.4, -0.2) is 29.4 Å². The Hall–Kier alpha value is -1.03. The van der Waals surface area contributed by atoms with Crippen LogP contribution < -0.4 is 0 Å². The number of ether oxygens (including phenoxy) is 1. The van der Waals surface area contributed by atoms with Gasteiger partial charge in [0.2, 0.25) is 0 Å². The molecule has 4 heteroatoms. The topological polar surface area (TPSA) is 66.8 Å². The standard InChI is InChI=1S/C5H8O4/c6-2-1-3-9-4-5(7)8/h1-2,6H,3-4H2,(H,7,8). The first-order valence-corrected chi connectivity index (χ1v) is 2.36. The SMILES string of the molecule is O=C(O)COCC=CO. The Morgan fingerprint density at radius 2 is 2.33 bits per heavy atom. The van der Waals surface area contributed by atoms with Crippen LogP contribution in [0.15, 0.2) is 12.3 Å². The van der Waals surface area contributed by atoms with Crippen molar-refractivity contribution in [1.29, 1.82) is 0 Å². The third-order valence-electron chi connectivity index (χ3n) is 0.545. The molecule has 0 saturated heterocycles. The van der Waals surface area contributed by atoms with Crippen LogP contribution in [0.1, 0.15) is 0 Å². The molecule has 0 radical (unpaired) electrons. The summed E-state index contributed by atoms with van der Waals surface area (Å²) in [5.41, 5.74) is 0. The summed E-state index contributed by atoms with van der Waals surface area (Å²) < 4.78 is 4.49. The number of carboxylic acids is 1. The van der Waals surface area contributed by atoms with Gasteiger partial charge in [-0.1, -0.05) is 0 Å². The third-order valence-corrected chi connectivity index (χ3v) is 0.545. The summed E-state index contributed by atoms with van der Waals surface area (Å²) in [6, 6.07) is 0. The van der Waals surface area contributed by atoms with Gasteiger partial charge in [0.15, 0.2) is 0 Å². The van der Waals surface area contributed by atoms with Crippen LogP contribution in [0, 0.1) is 0 Å². The monoisotopic (exact) mass is 132 g/mol. The van der Waals surface area contributed by atoms with Crippen LogP contribution in [0.25, 0.3) is 0 Å². The molecule has 0 atom stereocenters. The molecule has 0 aromatic rings. The molecular formula is C5H8O4. The zero-order valence-corrected chi connectivity index (χ0v) is 4.78. The van der Waals surface area contributed by atoms with Gasteiger partial charge in [-0.25, -0.2) is 4.79 Å². The minimum atomic E-state index is -1.01. The molecule has 0 heterocycles. The lowest BCUT2D eigenvalue weighted by atomic mass is 10.6. The minimum Gasteiger partial charge on any atom is -0.516 e. The predicted molar refractivity (Wildman–Crippen MR) is 30.2 cm³/mol. The molecule has 0 aliphatic rings. The molecule has 2 N–H and O–H groups in total. The second kappa shape index (κ2) is 5.11. The highest BCUT2D eigenvalue weighted by atomic mass is 16.5. The highest BCUT2D eigenvalue weighted by Gasteiger charge is 1.91. The van der Waals surface area contributed by atoms with E-state index in [-0.39, 0.29) is 13.2 Å². The van der Waals surface area contributed by atoms with Crippen molar-refractivity contribution in [2.24, 2.45) is 0 Å². The number of aliphatic hydroxyl groups excluding tert-OH is 1. The molecule has 0 aromatic carbocycles. The average Bonchev–Trinajstić information content (AvgIpc) is 1.80. The fourth-order valence-electron chi connectivity index (χ4n) is 0.257. The first-order chi connectivity index (χ1) is 4.27. The first-order valence-electron chi connectivity index (χ1n) is 2.36.